The first-order valence-electron chi connectivity index (χ1n) is 8.79. The van der Waals surface area contributed by atoms with E-state index in [1.165, 1.54) is 5.56 Å². The summed E-state index contributed by atoms with van der Waals surface area (Å²) in [6.07, 6.45) is 1.42. The predicted octanol–water partition coefficient (Wildman–Crippen LogP) is 3.66. The highest BCUT2D eigenvalue weighted by molar-refractivity contribution is 7.91. The molecule has 152 valence electrons. The number of carbonyl (C=O) groups excluding carboxylic acids is 1. The van der Waals surface area contributed by atoms with E-state index in [2.05, 4.69) is 20.2 Å². The monoisotopic (exact) mass is 450 g/mol. The van der Waals surface area contributed by atoms with Gasteiger partial charge in [-0.3, -0.25) is 10.1 Å². The fourth-order valence-corrected chi connectivity index (χ4v) is 4.59. The van der Waals surface area contributed by atoms with Gasteiger partial charge in [-0.05, 0) is 49.6 Å². The van der Waals surface area contributed by atoms with Crippen LogP contribution in [0.1, 0.15) is 27.9 Å². The molecule has 3 rings (SSSR count). The summed E-state index contributed by atoms with van der Waals surface area (Å²) in [5.74, 6) is -0.423. The highest BCUT2D eigenvalue weighted by Gasteiger charge is 2.20. The Morgan fingerprint density at radius 3 is 2.45 bits per heavy atom. The summed E-state index contributed by atoms with van der Waals surface area (Å²) in [5.41, 5.74) is 2.71. The van der Waals surface area contributed by atoms with Crippen LogP contribution in [-0.4, -0.2) is 31.1 Å². The molecule has 0 aliphatic rings. The van der Waals surface area contributed by atoms with Gasteiger partial charge < -0.3 is 0 Å². The molecule has 0 fully saturated rings. The average Bonchev–Trinajstić information content (AvgIpc) is 3.16. The van der Waals surface area contributed by atoms with Gasteiger partial charge in [-0.2, -0.15) is 0 Å². The van der Waals surface area contributed by atoms with Crippen LogP contribution in [0.3, 0.4) is 0 Å². The summed E-state index contributed by atoms with van der Waals surface area (Å²) in [4.78, 5) is 12.2. The van der Waals surface area contributed by atoms with Crippen LogP contribution < -0.4 is 10.0 Å². The number of benzene rings is 2. The average molecular weight is 451 g/mol. The zero-order valence-electron chi connectivity index (χ0n) is 15.6. The molecule has 0 aliphatic carbocycles. The summed E-state index contributed by atoms with van der Waals surface area (Å²) in [6.45, 7) is 2.30. The van der Waals surface area contributed by atoms with Crippen molar-refractivity contribution < 1.29 is 13.2 Å². The number of anilines is 1. The molecule has 3 aromatic rings. The first-order valence-corrected chi connectivity index (χ1v) is 11.5. The number of rotatable bonds is 8. The van der Waals surface area contributed by atoms with Crippen LogP contribution in [0.25, 0.3) is 0 Å². The van der Waals surface area contributed by atoms with E-state index in [1.54, 1.807) is 24.3 Å². The van der Waals surface area contributed by atoms with E-state index < -0.39 is 15.9 Å². The van der Waals surface area contributed by atoms with Crippen LogP contribution in [0.5, 0.6) is 0 Å². The lowest BCUT2D eigenvalue weighted by Gasteiger charge is -2.04. The molecule has 0 spiro atoms. The Hall–Kier alpha value is -2.33. The van der Waals surface area contributed by atoms with Crippen molar-refractivity contribution in [3.05, 3.63) is 70.2 Å². The van der Waals surface area contributed by atoms with Crippen LogP contribution in [0, 0.1) is 6.92 Å². The Balaban J connectivity index is 1.53. The fraction of sp³-hybridized carbons (Fsp3) is 0.211. The van der Waals surface area contributed by atoms with Crippen LogP contribution in [0.4, 0.5) is 5.13 Å². The van der Waals surface area contributed by atoms with Crippen molar-refractivity contribution in [2.45, 2.75) is 24.1 Å². The van der Waals surface area contributed by atoms with E-state index in [-0.39, 0.29) is 16.0 Å². The third kappa shape index (κ3) is 6.07. The topological polar surface area (TPSA) is 101 Å². The molecule has 0 unspecified atom stereocenters. The second-order valence-corrected chi connectivity index (χ2v) is 9.68. The number of halogens is 1. The van der Waals surface area contributed by atoms with Crippen LogP contribution in [0.2, 0.25) is 5.02 Å². The molecule has 0 atom stereocenters. The summed E-state index contributed by atoms with van der Waals surface area (Å²) in [7, 11) is -3.78. The van der Waals surface area contributed by atoms with Gasteiger partial charge in [0.15, 0.2) is 0 Å². The molecule has 1 heterocycles. The van der Waals surface area contributed by atoms with E-state index in [4.69, 9.17) is 11.6 Å². The smallest absolute Gasteiger partial charge is 0.269 e. The minimum Gasteiger partial charge on any atom is -0.296 e. The zero-order valence-corrected chi connectivity index (χ0v) is 17.9. The van der Waals surface area contributed by atoms with E-state index >= 15 is 0 Å². The highest BCUT2D eigenvalue weighted by atomic mass is 35.5. The maximum absolute atomic E-state index is 12.4. The Kier molecular flexibility index (Phi) is 6.96. The molecular formula is C19H19ClN4O3S2. The van der Waals surface area contributed by atoms with Crippen molar-refractivity contribution in [3.8, 4) is 0 Å². The number of nitrogens with one attached hydrogen (secondary N) is 2. The van der Waals surface area contributed by atoms with E-state index in [9.17, 15) is 13.2 Å². The molecule has 0 bridgehead atoms. The summed E-state index contributed by atoms with van der Waals surface area (Å²) < 4.78 is 27.0. The first-order chi connectivity index (χ1) is 13.8. The van der Waals surface area contributed by atoms with Crippen LogP contribution >= 0.6 is 22.9 Å². The van der Waals surface area contributed by atoms with Gasteiger partial charge in [0.05, 0.1) is 0 Å². The number of nitrogens with zero attached hydrogens (tertiary/aromatic N) is 2. The first kappa shape index (κ1) is 21.4. The maximum atomic E-state index is 12.4. The number of amides is 1. The van der Waals surface area contributed by atoms with Gasteiger partial charge in [0.25, 0.3) is 15.9 Å². The van der Waals surface area contributed by atoms with Crippen molar-refractivity contribution in [1.82, 2.24) is 14.9 Å². The normalized spacial score (nSPS) is 11.4. The molecule has 10 heteroatoms. The summed E-state index contributed by atoms with van der Waals surface area (Å²) >= 11 is 6.59. The van der Waals surface area contributed by atoms with Crippen LogP contribution in [0.15, 0.2) is 52.9 Å². The lowest BCUT2D eigenvalue weighted by molar-refractivity contribution is 0.102. The predicted molar refractivity (Wildman–Crippen MR) is 114 cm³/mol. The molecular weight excluding hydrogens is 432 g/mol. The number of hydrogen-bond acceptors (Lipinski definition) is 6. The molecule has 29 heavy (non-hydrogen) atoms. The third-order valence-electron chi connectivity index (χ3n) is 4.02. The number of carbonyl (C=O) groups is 1. The number of sulfonamides is 1. The molecule has 1 aromatic heterocycles. The van der Waals surface area contributed by atoms with Crippen molar-refractivity contribution in [2.24, 2.45) is 0 Å². The van der Waals surface area contributed by atoms with E-state index in [1.807, 2.05) is 31.2 Å². The van der Waals surface area contributed by atoms with Crippen LogP contribution in [-0.2, 0) is 16.4 Å². The van der Waals surface area contributed by atoms with Gasteiger partial charge in [0.2, 0.25) is 9.47 Å². The molecule has 0 radical (unpaired) electrons. The Labute approximate surface area is 178 Å². The SMILES string of the molecule is Cc1ccc(CCCNS(=O)(=O)c2nnc(NC(=O)c3ccc(Cl)cc3)s2)cc1. The Bertz CT molecular complexity index is 1080. The van der Waals surface area contributed by atoms with Gasteiger partial charge in [-0.25, -0.2) is 13.1 Å². The van der Waals surface area contributed by atoms with Crippen molar-refractivity contribution in [3.63, 3.8) is 0 Å². The van der Waals surface area contributed by atoms with Gasteiger partial charge >= 0.3 is 0 Å². The quantitative estimate of drug-likeness (QED) is 0.403. The highest BCUT2D eigenvalue weighted by Crippen LogP contribution is 2.21. The van der Waals surface area contributed by atoms with E-state index in [0.29, 0.717) is 17.0 Å². The molecule has 0 aliphatic heterocycles. The largest absolute Gasteiger partial charge is 0.296 e. The van der Waals surface area contributed by atoms with Crippen molar-refractivity contribution in [1.29, 1.82) is 0 Å². The van der Waals surface area contributed by atoms with Gasteiger partial charge in [0, 0.05) is 17.1 Å². The maximum Gasteiger partial charge on any atom is 0.269 e. The lowest BCUT2D eigenvalue weighted by Crippen LogP contribution is -2.25. The minimum atomic E-state index is -3.78. The second kappa shape index (κ2) is 9.45. The molecule has 1 amide bonds. The van der Waals surface area contributed by atoms with Crippen molar-refractivity contribution >= 4 is 44.0 Å². The molecule has 2 N–H and O–H groups in total. The van der Waals surface area contributed by atoms with E-state index in [0.717, 1.165) is 23.3 Å². The minimum absolute atomic E-state index is 0.102. The van der Waals surface area contributed by atoms with Gasteiger partial charge in [-0.1, -0.05) is 52.8 Å². The zero-order chi connectivity index (χ0) is 20.9. The number of aryl methyl sites for hydroxylation is 2. The van der Waals surface area contributed by atoms with Gasteiger partial charge in [0.1, 0.15) is 0 Å². The Morgan fingerprint density at radius 2 is 1.76 bits per heavy atom. The number of hydrogen-bond donors (Lipinski definition) is 2. The third-order valence-corrected chi connectivity index (χ3v) is 6.94. The lowest BCUT2D eigenvalue weighted by atomic mass is 10.1. The second-order valence-electron chi connectivity index (χ2n) is 6.32. The molecule has 2 aromatic carbocycles. The number of aromatic nitrogens is 2. The Morgan fingerprint density at radius 1 is 1.07 bits per heavy atom. The fourth-order valence-electron chi connectivity index (χ4n) is 2.45. The standard InChI is InChI=1S/C19H19ClN4O3S2/c1-13-4-6-14(7-5-13)3-2-12-21-29(26,27)19-24-23-18(28-19)22-17(25)15-8-10-16(20)11-9-15/h4-11,21H,2-3,12H2,1H3,(H,22,23,25). The summed E-state index contributed by atoms with van der Waals surface area (Å²) in [6, 6.07) is 14.4. The molecule has 0 saturated heterocycles. The molecule has 0 saturated carbocycles. The summed E-state index contributed by atoms with van der Waals surface area (Å²) in [5, 5.41) is 10.6. The van der Waals surface area contributed by atoms with Crippen molar-refractivity contribution in [2.75, 3.05) is 11.9 Å². The van der Waals surface area contributed by atoms with Gasteiger partial charge in [-0.15, -0.1) is 10.2 Å². The molecule has 7 nitrogen and oxygen atoms in total.